The predicted molar refractivity (Wildman–Crippen MR) is 77.6 cm³/mol. The highest BCUT2D eigenvalue weighted by Gasteiger charge is 2.27. The third kappa shape index (κ3) is 2.83. The number of benzene rings is 1. The fraction of sp³-hybridized carbons (Fsp3) is 0.333. The van der Waals surface area contributed by atoms with Crippen LogP contribution >= 0.6 is 0 Å². The first-order valence-corrected chi connectivity index (χ1v) is 7.12. The van der Waals surface area contributed by atoms with Gasteiger partial charge in [0, 0.05) is 18.7 Å². The minimum absolute atomic E-state index is 0.0780. The molecule has 0 saturated carbocycles. The molecule has 1 aromatic carbocycles. The Morgan fingerprint density at radius 1 is 1.23 bits per heavy atom. The second-order valence-electron chi connectivity index (χ2n) is 5.30. The molecule has 1 fully saturated rings. The van der Waals surface area contributed by atoms with E-state index in [-0.39, 0.29) is 11.8 Å². The van der Waals surface area contributed by atoms with Crippen LogP contribution in [0.4, 0.5) is 0 Å². The maximum atomic E-state index is 12.5. The number of aromatic nitrogens is 3. The largest absolute Gasteiger partial charge is 0.481 e. The molecule has 7 heteroatoms. The van der Waals surface area contributed by atoms with E-state index in [1.807, 2.05) is 6.07 Å². The van der Waals surface area contributed by atoms with Crippen molar-refractivity contribution in [3.8, 4) is 5.69 Å². The van der Waals surface area contributed by atoms with E-state index in [9.17, 15) is 9.59 Å². The zero-order chi connectivity index (χ0) is 15.5. The molecule has 1 aliphatic rings. The summed E-state index contributed by atoms with van der Waals surface area (Å²) in [5.41, 5.74) is 1.34. The van der Waals surface area contributed by atoms with Crippen LogP contribution in [0.2, 0.25) is 0 Å². The summed E-state index contributed by atoms with van der Waals surface area (Å²) in [6, 6.07) is 7.17. The van der Waals surface area contributed by atoms with E-state index in [2.05, 4.69) is 10.1 Å². The van der Waals surface area contributed by atoms with E-state index in [0.717, 1.165) is 5.69 Å². The summed E-state index contributed by atoms with van der Waals surface area (Å²) < 4.78 is 1.59. The fourth-order valence-corrected chi connectivity index (χ4v) is 2.64. The van der Waals surface area contributed by atoms with Crippen LogP contribution in [-0.4, -0.2) is 49.7 Å². The Labute approximate surface area is 127 Å². The third-order valence-corrected chi connectivity index (χ3v) is 3.91. The number of carbonyl (C=O) groups is 2. The summed E-state index contributed by atoms with van der Waals surface area (Å²) in [6.07, 6.45) is 4.01. The maximum Gasteiger partial charge on any atom is 0.306 e. The van der Waals surface area contributed by atoms with Gasteiger partial charge in [0.15, 0.2) is 0 Å². The quantitative estimate of drug-likeness (QED) is 0.920. The van der Waals surface area contributed by atoms with Crippen molar-refractivity contribution in [3.63, 3.8) is 0 Å². The molecule has 2 aromatic rings. The molecule has 1 saturated heterocycles. The van der Waals surface area contributed by atoms with Gasteiger partial charge in [0.25, 0.3) is 5.91 Å². The van der Waals surface area contributed by atoms with Crippen LogP contribution in [0.5, 0.6) is 0 Å². The summed E-state index contributed by atoms with van der Waals surface area (Å²) >= 11 is 0. The van der Waals surface area contributed by atoms with Gasteiger partial charge in [0.05, 0.1) is 11.6 Å². The zero-order valence-corrected chi connectivity index (χ0v) is 11.9. The number of amides is 1. The van der Waals surface area contributed by atoms with Gasteiger partial charge in [-0.05, 0) is 31.0 Å². The van der Waals surface area contributed by atoms with Gasteiger partial charge in [-0.15, -0.1) is 0 Å². The highest BCUT2D eigenvalue weighted by atomic mass is 16.4. The number of aliphatic carboxylic acids is 1. The number of nitrogens with zero attached hydrogens (tertiary/aromatic N) is 4. The van der Waals surface area contributed by atoms with E-state index in [4.69, 9.17) is 5.11 Å². The van der Waals surface area contributed by atoms with Gasteiger partial charge < -0.3 is 10.0 Å². The van der Waals surface area contributed by atoms with Crippen LogP contribution in [-0.2, 0) is 4.79 Å². The molecular formula is C15H16N4O3. The van der Waals surface area contributed by atoms with Crippen LogP contribution in [0.25, 0.3) is 5.69 Å². The molecular weight excluding hydrogens is 284 g/mol. The maximum absolute atomic E-state index is 12.5. The second kappa shape index (κ2) is 5.97. The summed E-state index contributed by atoms with van der Waals surface area (Å²) in [7, 11) is 0. The smallest absolute Gasteiger partial charge is 0.306 e. The molecule has 0 aliphatic carbocycles. The fourth-order valence-electron chi connectivity index (χ4n) is 2.64. The Kier molecular flexibility index (Phi) is 3.86. The molecule has 114 valence electrons. The molecule has 7 nitrogen and oxygen atoms in total. The molecule has 0 radical (unpaired) electrons. The number of hydrogen-bond acceptors (Lipinski definition) is 4. The number of piperidine rings is 1. The van der Waals surface area contributed by atoms with Crippen molar-refractivity contribution in [2.45, 2.75) is 12.8 Å². The summed E-state index contributed by atoms with van der Waals surface area (Å²) in [6.45, 7) is 0.951. The van der Waals surface area contributed by atoms with Crippen LogP contribution in [0.15, 0.2) is 36.9 Å². The van der Waals surface area contributed by atoms with Gasteiger partial charge >= 0.3 is 5.97 Å². The monoisotopic (exact) mass is 300 g/mol. The van der Waals surface area contributed by atoms with Gasteiger partial charge in [0.1, 0.15) is 12.7 Å². The third-order valence-electron chi connectivity index (χ3n) is 3.91. The van der Waals surface area contributed by atoms with Gasteiger partial charge in [-0.1, -0.05) is 6.07 Å². The molecule has 1 aromatic heterocycles. The lowest BCUT2D eigenvalue weighted by Gasteiger charge is -2.30. The predicted octanol–water partition coefficient (Wildman–Crippen LogP) is 1.20. The lowest BCUT2D eigenvalue weighted by atomic mass is 9.96. The minimum atomic E-state index is -0.778. The molecule has 0 bridgehead atoms. The summed E-state index contributed by atoms with van der Waals surface area (Å²) in [5, 5.41) is 13.0. The number of carboxylic acid groups (broad SMARTS) is 1. The SMILES string of the molecule is O=C(O)C1CCN(C(=O)c2cccc(-n3cncn3)c2)CC1. The molecule has 0 unspecified atom stereocenters. The number of hydrogen-bond donors (Lipinski definition) is 1. The number of rotatable bonds is 3. The van der Waals surface area contributed by atoms with Crippen LogP contribution in [0.3, 0.4) is 0 Å². The lowest BCUT2D eigenvalue weighted by molar-refractivity contribution is -0.143. The highest BCUT2D eigenvalue weighted by Crippen LogP contribution is 2.20. The molecule has 1 aliphatic heterocycles. The average molecular weight is 300 g/mol. The Balaban J connectivity index is 1.73. The Bertz CT molecular complexity index is 676. The lowest BCUT2D eigenvalue weighted by Crippen LogP contribution is -2.40. The van der Waals surface area contributed by atoms with Crippen LogP contribution in [0.1, 0.15) is 23.2 Å². The zero-order valence-electron chi connectivity index (χ0n) is 11.9. The standard InChI is InChI=1S/C15H16N4O3/c20-14(18-6-4-11(5-7-18)15(21)22)12-2-1-3-13(8-12)19-10-16-9-17-19/h1-3,8-11H,4-7H2,(H,21,22). The van der Waals surface area contributed by atoms with Crippen molar-refractivity contribution in [1.82, 2.24) is 19.7 Å². The van der Waals surface area contributed by atoms with Crippen molar-refractivity contribution < 1.29 is 14.7 Å². The van der Waals surface area contributed by atoms with Crippen LogP contribution < -0.4 is 0 Å². The summed E-state index contributed by atoms with van der Waals surface area (Å²) in [4.78, 5) is 29.1. The van der Waals surface area contributed by atoms with Crippen molar-refractivity contribution in [3.05, 3.63) is 42.5 Å². The van der Waals surface area contributed by atoms with Gasteiger partial charge in [-0.2, -0.15) is 5.10 Å². The van der Waals surface area contributed by atoms with Crippen molar-refractivity contribution >= 4 is 11.9 Å². The average Bonchev–Trinajstić information content (AvgIpc) is 3.09. The highest BCUT2D eigenvalue weighted by molar-refractivity contribution is 5.94. The minimum Gasteiger partial charge on any atom is -0.481 e. The molecule has 22 heavy (non-hydrogen) atoms. The molecule has 1 amide bonds. The topological polar surface area (TPSA) is 88.3 Å². The van der Waals surface area contributed by atoms with Crippen LogP contribution in [0, 0.1) is 5.92 Å². The van der Waals surface area contributed by atoms with Gasteiger partial charge in [-0.3, -0.25) is 9.59 Å². The van der Waals surface area contributed by atoms with Gasteiger partial charge in [0.2, 0.25) is 0 Å². The number of likely N-dealkylation sites (tertiary alicyclic amines) is 1. The molecule has 1 N–H and O–H groups in total. The molecule has 0 spiro atoms. The van der Waals surface area contributed by atoms with E-state index < -0.39 is 5.97 Å². The first kappa shape index (κ1) is 14.2. The Morgan fingerprint density at radius 2 is 2.00 bits per heavy atom. The van der Waals surface area contributed by atoms with Crippen molar-refractivity contribution in [2.75, 3.05) is 13.1 Å². The number of carbonyl (C=O) groups excluding carboxylic acids is 1. The molecule has 0 atom stereocenters. The molecule has 3 rings (SSSR count). The van der Waals surface area contributed by atoms with E-state index in [1.54, 1.807) is 34.1 Å². The number of carboxylic acids is 1. The van der Waals surface area contributed by atoms with Crippen molar-refractivity contribution in [1.29, 1.82) is 0 Å². The summed E-state index contributed by atoms with van der Waals surface area (Å²) in [5.74, 6) is -1.20. The molecule has 2 heterocycles. The van der Waals surface area contributed by atoms with Crippen molar-refractivity contribution in [2.24, 2.45) is 5.92 Å². The van der Waals surface area contributed by atoms with E-state index >= 15 is 0 Å². The van der Waals surface area contributed by atoms with E-state index in [0.29, 0.717) is 31.5 Å². The Morgan fingerprint density at radius 3 is 2.64 bits per heavy atom. The Hall–Kier alpha value is -2.70. The first-order valence-electron chi connectivity index (χ1n) is 7.12. The van der Waals surface area contributed by atoms with Gasteiger partial charge in [-0.25, -0.2) is 9.67 Å². The second-order valence-corrected chi connectivity index (χ2v) is 5.30. The van der Waals surface area contributed by atoms with E-state index in [1.165, 1.54) is 6.33 Å². The first-order chi connectivity index (χ1) is 10.6. The normalized spacial score (nSPS) is 15.7.